The standard InChI is InChI=1S/C51H89N2O6P/c1-6-8-10-12-14-16-18-20-22-24-26-28-30-32-34-36-38-40-42-44-50(54)49(48-59-60(56,57)58-47-46-53(3,4)5)52-51(55)45-43-41-39-37-35-33-31-29-27-25-23-21-19-17-15-13-11-9-7-2/h9,11,15,17,21,23,27,29,33-36,39,41-42,44,49-50,54H,6-8,10,12-14,16,18-20,22,24-26,28,30-32,37-38,40,43,45-48H2,1-5H3,(H-,52,55,56,57)/b11-9-,17-15-,23-21-,29-27-,35-33-,36-34+,41-39-,44-42+. The van der Waals surface area contributed by atoms with Crippen molar-refractivity contribution < 1.29 is 32.9 Å². The van der Waals surface area contributed by atoms with E-state index in [0.29, 0.717) is 17.4 Å². The summed E-state index contributed by atoms with van der Waals surface area (Å²) in [6.45, 7) is 4.44. The Labute approximate surface area is 369 Å². The van der Waals surface area contributed by atoms with Crippen molar-refractivity contribution in [3.63, 3.8) is 0 Å². The van der Waals surface area contributed by atoms with Gasteiger partial charge in [-0.3, -0.25) is 9.36 Å². The van der Waals surface area contributed by atoms with Crippen LogP contribution >= 0.6 is 7.82 Å². The summed E-state index contributed by atoms with van der Waals surface area (Å²) in [5, 5.41) is 13.7. The van der Waals surface area contributed by atoms with Crippen LogP contribution in [-0.4, -0.2) is 68.5 Å². The summed E-state index contributed by atoms with van der Waals surface area (Å²) < 4.78 is 23.2. The van der Waals surface area contributed by atoms with Crippen LogP contribution in [0.5, 0.6) is 0 Å². The smallest absolute Gasteiger partial charge is 0.268 e. The lowest BCUT2D eigenvalue weighted by atomic mass is 10.0. The van der Waals surface area contributed by atoms with E-state index in [4.69, 9.17) is 9.05 Å². The highest BCUT2D eigenvalue weighted by Gasteiger charge is 2.23. The van der Waals surface area contributed by atoms with Gasteiger partial charge in [-0.1, -0.05) is 188 Å². The average Bonchev–Trinajstić information content (AvgIpc) is 3.20. The van der Waals surface area contributed by atoms with Crippen LogP contribution in [0.3, 0.4) is 0 Å². The van der Waals surface area contributed by atoms with E-state index in [-0.39, 0.29) is 18.9 Å². The Morgan fingerprint density at radius 1 is 0.600 bits per heavy atom. The Hall–Kier alpha value is -2.58. The van der Waals surface area contributed by atoms with Crippen molar-refractivity contribution in [3.05, 3.63) is 97.2 Å². The normalized spacial score (nSPS) is 15.1. The summed E-state index contributed by atoms with van der Waals surface area (Å²) in [6.07, 6.45) is 59.1. The molecule has 0 rings (SSSR count). The molecule has 3 atom stereocenters. The molecule has 0 saturated carbocycles. The van der Waals surface area contributed by atoms with Crippen LogP contribution in [0.1, 0.15) is 168 Å². The fraction of sp³-hybridized carbons (Fsp3) is 0.667. The lowest BCUT2D eigenvalue weighted by molar-refractivity contribution is -0.870. The molecule has 0 aliphatic carbocycles. The maximum Gasteiger partial charge on any atom is 0.268 e. The molecule has 8 nitrogen and oxygen atoms in total. The molecule has 2 N–H and O–H groups in total. The van der Waals surface area contributed by atoms with Gasteiger partial charge in [0.05, 0.1) is 39.9 Å². The maximum atomic E-state index is 12.8. The average molecular weight is 857 g/mol. The molecule has 0 aromatic rings. The molecule has 0 aliphatic rings. The molecule has 0 aromatic heterocycles. The second kappa shape index (κ2) is 41.8. The van der Waals surface area contributed by atoms with E-state index in [0.717, 1.165) is 57.8 Å². The Morgan fingerprint density at radius 2 is 1.03 bits per heavy atom. The number of unbranched alkanes of at least 4 members (excludes halogenated alkanes) is 14. The number of amides is 1. The highest BCUT2D eigenvalue weighted by molar-refractivity contribution is 7.45. The molecule has 0 spiro atoms. The number of nitrogens with one attached hydrogen (secondary N) is 1. The number of likely N-dealkylation sites (N-methyl/N-ethyl adjacent to an activating group) is 1. The van der Waals surface area contributed by atoms with Gasteiger partial charge in [-0.05, 0) is 70.6 Å². The van der Waals surface area contributed by atoms with Gasteiger partial charge in [0.2, 0.25) is 5.91 Å². The summed E-state index contributed by atoms with van der Waals surface area (Å²) >= 11 is 0. The topological polar surface area (TPSA) is 108 Å². The monoisotopic (exact) mass is 857 g/mol. The summed E-state index contributed by atoms with van der Waals surface area (Å²) in [5.41, 5.74) is 0. The Balaban J connectivity index is 4.58. The fourth-order valence-corrected chi connectivity index (χ4v) is 6.79. The van der Waals surface area contributed by atoms with Gasteiger partial charge >= 0.3 is 0 Å². The number of aliphatic hydroxyl groups is 1. The van der Waals surface area contributed by atoms with Gasteiger partial charge in [0, 0.05) is 6.42 Å². The van der Waals surface area contributed by atoms with E-state index in [1.54, 1.807) is 6.08 Å². The first-order chi connectivity index (χ1) is 29.0. The molecular weight excluding hydrogens is 768 g/mol. The highest BCUT2D eigenvalue weighted by atomic mass is 31.2. The van der Waals surface area contributed by atoms with Crippen LogP contribution in [0.15, 0.2) is 97.2 Å². The Kier molecular flexibility index (Phi) is 40.0. The molecule has 0 bridgehead atoms. The van der Waals surface area contributed by atoms with Gasteiger partial charge in [-0.25, -0.2) is 0 Å². The lowest BCUT2D eigenvalue weighted by Gasteiger charge is -2.29. The Bertz CT molecular complexity index is 1290. The molecule has 0 heterocycles. The number of allylic oxidation sites excluding steroid dienone is 15. The number of rotatable bonds is 41. The number of nitrogens with zero attached hydrogens (tertiary/aromatic N) is 1. The van der Waals surface area contributed by atoms with Crippen LogP contribution < -0.4 is 10.2 Å². The van der Waals surface area contributed by atoms with Gasteiger partial charge in [0.25, 0.3) is 7.82 Å². The first-order valence-corrected chi connectivity index (χ1v) is 25.1. The number of carbonyl (C=O) groups excluding carboxylic acids is 1. The summed E-state index contributed by atoms with van der Waals surface area (Å²) in [6, 6.07) is -0.950. The van der Waals surface area contributed by atoms with Crippen LogP contribution in [0, 0.1) is 0 Å². The third kappa shape index (κ3) is 43.5. The largest absolute Gasteiger partial charge is 0.756 e. The zero-order valence-corrected chi connectivity index (χ0v) is 39.8. The number of hydrogen-bond donors (Lipinski definition) is 2. The zero-order chi connectivity index (χ0) is 44.3. The summed E-state index contributed by atoms with van der Waals surface area (Å²) in [4.78, 5) is 25.3. The maximum absolute atomic E-state index is 12.8. The molecule has 0 radical (unpaired) electrons. The molecule has 0 aromatic carbocycles. The minimum atomic E-state index is -4.62. The van der Waals surface area contributed by atoms with Crippen molar-refractivity contribution in [1.82, 2.24) is 5.32 Å². The van der Waals surface area contributed by atoms with Crippen molar-refractivity contribution in [2.45, 2.75) is 180 Å². The van der Waals surface area contributed by atoms with Crippen molar-refractivity contribution in [2.24, 2.45) is 0 Å². The molecule has 0 saturated heterocycles. The molecule has 3 unspecified atom stereocenters. The minimum absolute atomic E-state index is 0.0252. The molecule has 344 valence electrons. The molecular formula is C51H89N2O6P. The third-order valence-corrected chi connectivity index (χ3v) is 10.8. The predicted octanol–water partition coefficient (Wildman–Crippen LogP) is 12.9. The van der Waals surface area contributed by atoms with Crippen molar-refractivity contribution in [2.75, 3.05) is 40.9 Å². The number of quaternary nitrogens is 1. The number of phosphoric acid groups is 1. The molecule has 1 amide bonds. The van der Waals surface area contributed by atoms with Gasteiger partial charge in [-0.15, -0.1) is 0 Å². The van der Waals surface area contributed by atoms with E-state index in [1.165, 1.54) is 83.5 Å². The molecule has 9 heteroatoms. The van der Waals surface area contributed by atoms with Gasteiger partial charge < -0.3 is 28.8 Å². The summed E-state index contributed by atoms with van der Waals surface area (Å²) in [7, 11) is 1.18. The van der Waals surface area contributed by atoms with Crippen LogP contribution in [0.25, 0.3) is 0 Å². The Morgan fingerprint density at radius 3 is 1.53 bits per heavy atom. The predicted molar refractivity (Wildman–Crippen MR) is 256 cm³/mol. The molecule has 0 aliphatic heterocycles. The zero-order valence-electron chi connectivity index (χ0n) is 38.9. The number of aliphatic hydroxyl groups excluding tert-OH is 1. The van der Waals surface area contributed by atoms with E-state index in [1.807, 2.05) is 39.4 Å². The van der Waals surface area contributed by atoms with Gasteiger partial charge in [0.15, 0.2) is 0 Å². The van der Waals surface area contributed by atoms with E-state index < -0.39 is 26.6 Å². The van der Waals surface area contributed by atoms with Crippen LogP contribution in [0.4, 0.5) is 0 Å². The lowest BCUT2D eigenvalue weighted by Crippen LogP contribution is -2.45. The van der Waals surface area contributed by atoms with E-state index in [2.05, 4.69) is 92.1 Å². The van der Waals surface area contributed by atoms with Crippen molar-refractivity contribution in [1.29, 1.82) is 0 Å². The number of carbonyl (C=O) groups is 1. The van der Waals surface area contributed by atoms with Crippen LogP contribution in [-0.2, 0) is 18.4 Å². The van der Waals surface area contributed by atoms with Gasteiger partial charge in [-0.2, -0.15) is 0 Å². The second-order valence-corrected chi connectivity index (χ2v) is 18.1. The van der Waals surface area contributed by atoms with E-state index >= 15 is 0 Å². The summed E-state index contributed by atoms with van der Waals surface area (Å²) in [5.74, 6) is -0.293. The van der Waals surface area contributed by atoms with Gasteiger partial charge in [0.1, 0.15) is 13.2 Å². The quantitative estimate of drug-likeness (QED) is 0.0274. The second-order valence-electron chi connectivity index (χ2n) is 16.7. The third-order valence-electron chi connectivity index (χ3n) is 9.79. The first kappa shape index (κ1) is 57.4. The minimum Gasteiger partial charge on any atom is -0.756 e. The highest BCUT2D eigenvalue weighted by Crippen LogP contribution is 2.38. The first-order valence-electron chi connectivity index (χ1n) is 23.6. The fourth-order valence-electron chi connectivity index (χ4n) is 6.07. The number of phosphoric ester groups is 1. The molecule has 0 fully saturated rings. The molecule has 60 heavy (non-hydrogen) atoms. The van der Waals surface area contributed by atoms with Crippen molar-refractivity contribution >= 4 is 13.7 Å². The van der Waals surface area contributed by atoms with E-state index in [9.17, 15) is 19.4 Å². The van der Waals surface area contributed by atoms with Crippen LogP contribution in [0.2, 0.25) is 0 Å². The SMILES string of the molecule is CC/C=C\C/C=C\C/C=C\C/C=C\C/C=C\C/C=C\CCC(=O)NC(COP(=O)([O-])OCC[N+](C)(C)C)C(O)/C=C/CC/C=C/CCCCCCCCCCCCCCC. The van der Waals surface area contributed by atoms with Crippen molar-refractivity contribution in [3.8, 4) is 0 Å². The number of hydrogen-bond acceptors (Lipinski definition) is 6.